The topological polar surface area (TPSA) is 64.2 Å². The quantitative estimate of drug-likeness (QED) is 0.547. The summed E-state index contributed by atoms with van der Waals surface area (Å²) in [6.45, 7) is -0.137. The molecule has 2 aromatic carbocycles. The Morgan fingerprint density at radius 2 is 1.96 bits per heavy atom. The maximum Gasteiger partial charge on any atom is 0.420 e. The average Bonchev–Trinajstić information content (AvgIpc) is 3.29. The summed E-state index contributed by atoms with van der Waals surface area (Å²) in [5.74, 6) is -0.869. The summed E-state index contributed by atoms with van der Waals surface area (Å²) < 4.78 is 6.49. The van der Waals surface area contributed by atoms with Crippen molar-refractivity contribution in [3.8, 4) is 0 Å². The summed E-state index contributed by atoms with van der Waals surface area (Å²) in [4.78, 5) is 25.9. The minimum absolute atomic E-state index is 0.137. The van der Waals surface area contributed by atoms with Crippen LogP contribution in [0.3, 0.4) is 0 Å². The summed E-state index contributed by atoms with van der Waals surface area (Å²) >= 11 is 7.50. The Labute approximate surface area is 163 Å². The molecule has 0 bridgehead atoms. The summed E-state index contributed by atoms with van der Waals surface area (Å²) in [5, 5.41) is 5.46. The van der Waals surface area contributed by atoms with Gasteiger partial charge in [-0.05, 0) is 29.1 Å². The molecule has 1 N–H and O–H groups in total. The van der Waals surface area contributed by atoms with Crippen molar-refractivity contribution < 1.29 is 9.21 Å². The number of oxazole rings is 1. The maximum absolute atomic E-state index is 12.7. The van der Waals surface area contributed by atoms with Crippen molar-refractivity contribution in [2.24, 2.45) is 0 Å². The first kappa shape index (κ1) is 17.6. The van der Waals surface area contributed by atoms with Gasteiger partial charge < -0.3 is 9.73 Å². The molecule has 4 rings (SSSR count). The minimum atomic E-state index is -0.588. The fourth-order valence-corrected chi connectivity index (χ4v) is 3.92. The number of fused-ring (bicyclic) bond motifs is 1. The second-order valence-electron chi connectivity index (χ2n) is 5.99. The van der Waals surface area contributed by atoms with E-state index in [0.717, 1.165) is 10.4 Å². The Hall–Kier alpha value is -2.83. The zero-order chi connectivity index (χ0) is 18.8. The monoisotopic (exact) mass is 398 g/mol. The summed E-state index contributed by atoms with van der Waals surface area (Å²) in [5.41, 5.74) is 1.87. The Balaban J connectivity index is 1.61. The number of carbonyl (C=O) groups excluding carboxylic acids is 1. The number of amides is 1. The second kappa shape index (κ2) is 7.42. The molecule has 0 saturated heterocycles. The predicted molar refractivity (Wildman–Crippen MR) is 106 cm³/mol. The third-order valence-electron chi connectivity index (χ3n) is 4.20. The molecule has 2 aromatic heterocycles. The van der Waals surface area contributed by atoms with Crippen molar-refractivity contribution in [3.05, 3.63) is 92.1 Å². The Morgan fingerprint density at radius 1 is 1.15 bits per heavy atom. The van der Waals surface area contributed by atoms with E-state index in [0.29, 0.717) is 16.1 Å². The van der Waals surface area contributed by atoms with Crippen LogP contribution in [-0.2, 0) is 11.3 Å². The van der Waals surface area contributed by atoms with Crippen LogP contribution in [0.4, 0.5) is 0 Å². The normalized spacial score (nSPS) is 12.2. The fraction of sp³-hybridized carbons (Fsp3) is 0.100. The summed E-state index contributed by atoms with van der Waals surface area (Å²) in [6, 6.07) is 18.3. The highest BCUT2D eigenvalue weighted by Gasteiger charge is 2.19. The molecule has 1 atom stereocenters. The van der Waals surface area contributed by atoms with Crippen molar-refractivity contribution in [3.63, 3.8) is 0 Å². The lowest BCUT2D eigenvalue weighted by molar-refractivity contribution is -0.122. The largest absolute Gasteiger partial charge is 0.420 e. The van der Waals surface area contributed by atoms with Crippen molar-refractivity contribution in [2.75, 3.05) is 0 Å². The van der Waals surface area contributed by atoms with Crippen molar-refractivity contribution >= 4 is 39.9 Å². The summed E-state index contributed by atoms with van der Waals surface area (Å²) in [7, 11) is 0. The van der Waals surface area contributed by atoms with Gasteiger partial charge in [-0.2, -0.15) is 0 Å². The van der Waals surface area contributed by atoms with Crippen LogP contribution >= 0.6 is 22.9 Å². The lowest BCUT2D eigenvalue weighted by Gasteiger charge is -2.18. The Morgan fingerprint density at radius 3 is 2.70 bits per heavy atom. The molecule has 5 nitrogen and oxygen atoms in total. The zero-order valence-electron chi connectivity index (χ0n) is 14.1. The SMILES string of the molecule is O=C(Cn1c(=O)oc2cc(Cl)ccc21)N[C@H](c1ccccc1)c1cccs1. The van der Waals surface area contributed by atoms with Gasteiger partial charge in [0.25, 0.3) is 0 Å². The molecule has 136 valence electrons. The number of hydrogen-bond donors (Lipinski definition) is 1. The molecule has 0 saturated carbocycles. The number of thiophene rings is 1. The number of halogens is 1. The first-order chi connectivity index (χ1) is 13.1. The maximum atomic E-state index is 12.7. The second-order valence-corrected chi connectivity index (χ2v) is 7.41. The molecule has 7 heteroatoms. The highest BCUT2D eigenvalue weighted by Crippen LogP contribution is 2.26. The standard InChI is InChI=1S/C20H15ClN2O3S/c21-14-8-9-15-16(11-14)26-20(25)23(15)12-18(24)22-19(17-7-4-10-27-17)13-5-2-1-3-6-13/h1-11,19H,12H2,(H,22,24)/t19-/m1/s1. The predicted octanol–water partition coefficient (Wildman–Crippen LogP) is 4.22. The van der Waals surface area contributed by atoms with E-state index in [-0.39, 0.29) is 18.5 Å². The molecule has 0 fully saturated rings. The fourth-order valence-electron chi connectivity index (χ4n) is 2.96. The molecule has 0 spiro atoms. The Bertz CT molecular complexity index is 1130. The van der Waals surface area contributed by atoms with E-state index in [1.54, 1.807) is 29.5 Å². The van der Waals surface area contributed by atoms with Crippen molar-refractivity contribution in [2.45, 2.75) is 12.6 Å². The molecule has 2 heterocycles. The van der Waals surface area contributed by atoms with Crippen LogP contribution in [0.25, 0.3) is 11.1 Å². The molecule has 0 aliphatic rings. The van der Waals surface area contributed by atoms with Crippen LogP contribution in [0.15, 0.2) is 75.3 Å². The van der Waals surface area contributed by atoms with Gasteiger partial charge in [-0.25, -0.2) is 4.79 Å². The van der Waals surface area contributed by atoms with Crippen LogP contribution in [0.5, 0.6) is 0 Å². The van der Waals surface area contributed by atoms with E-state index < -0.39 is 5.76 Å². The van der Waals surface area contributed by atoms with Crippen LogP contribution in [-0.4, -0.2) is 10.5 Å². The van der Waals surface area contributed by atoms with E-state index in [9.17, 15) is 9.59 Å². The number of carbonyl (C=O) groups is 1. The molecule has 0 aliphatic heterocycles. The van der Waals surface area contributed by atoms with Crippen LogP contribution in [0.1, 0.15) is 16.5 Å². The molecule has 0 radical (unpaired) electrons. The highest BCUT2D eigenvalue weighted by molar-refractivity contribution is 7.10. The van der Waals surface area contributed by atoms with Gasteiger partial charge in [-0.15, -0.1) is 11.3 Å². The van der Waals surface area contributed by atoms with Crippen molar-refractivity contribution in [1.29, 1.82) is 0 Å². The van der Waals surface area contributed by atoms with E-state index in [2.05, 4.69) is 5.32 Å². The Kier molecular flexibility index (Phi) is 4.83. The van der Waals surface area contributed by atoms with Gasteiger partial charge >= 0.3 is 5.76 Å². The highest BCUT2D eigenvalue weighted by atomic mass is 35.5. The van der Waals surface area contributed by atoms with Gasteiger partial charge in [0, 0.05) is 16.0 Å². The van der Waals surface area contributed by atoms with E-state index in [1.165, 1.54) is 4.57 Å². The van der Waals surface area contributed by atoms with Gasteiger partial charge in [0.1, 0.15) is 6.54 Å². The molecule has 27 heavy (non-hydrogen) atoms. The molecule has 4 aromatic rings. The molecule has 0 unspecified atom stereocenters. The van der Waals surface area contributed by atoms with Gasteiger partial charge in [0.15, 0.2) is 5.58 Å². The molecule has 0 aliphatic carbocycles. The van der Waals surface area contributed by atoms with Crippen molar-refractivity contribution in [1.82, 2.24) is 9.88 Å². The van der Waals surface area contributed by atoms with E-state index >= 15 is 0 Å². The molecular weight excluding hydrogens is 384 g/mol. The van der Waals surface area contributed by atoms with Crippen LogP contribution in [0, 0.1) is 0 Å². The third kappa shape index (κ3) is 3.67. The van der Waals surface area contributed by atoms with Gasteiger partial charge in [-0.3, -0.25) is 9.36 Å². The average molecular weight is 399 g/mol. The number of nitrogens with zero attached hydrogens (tertiary/aromatic N) is 1. The first-order valence-electron chi connectivity index (χ1n) is 8.28. The first-order valence-corrected chi connectivity index (χ1v) is 9.54. The lowest BCUT2D eigenvalue weighted by atomic mass is 10.1. The lowest BCUT2D eigenvalue weighted by Crippen LogP contribution is -2.33. The number of rotatable bonds is 5. The molecular formula is C20H15ClN2O3S. The zero-order valence-corrected chi connectivity index (χ0v) is 15.7. The smallest absolute Gasteiger partial charge is 0.408 e. The third-order valence-corrected chi connectivity index (χ3v) is 5.37. The number of benzene rings is 2. The minimum Gasteiger partial charge on any atom is -0.408 e. The number of hydrogen-bond acceptors (Lipinski definition) is 4. The van der Waals surface area contributed by atoms with E-state index in [4.69, 9.17) is 16.0 Å². The number of aromatic nitrogens is 1. The van der Waals surface area contributed by atoms with Gasteiger partial charge in [-0.1, -0.05) is 48.0 Å². The van der Waals surface area contributed by atoms with Gasteiger partial charge in [0.05, 0.1) is 11.6 Å². The summed E-state index contributed by atoms with van der Waals surface area (Å²) in [6.07, 6.45) is 0. The van der Waals surface area contributed by atoms with Crippen LogP contribution < -0.4 is 11.1 Å². The van der Waals surface area contributed by atoms with Crippen LogP contribution in [0.2, 0.25) is 5.02 Å². The van der Waals surface area contributed by atoms with Gasteiger partial charge in [0.2, 0.25) is 5.91 Å². The molecule has 1 amide bonds. The van der Waals surface area contributed by atoms with E-state index in [1.807, 2.05) is 47.8 Å². The number of nitrogens with one attached hydrogen (secondary N) is 1.